The van der Waals surface area contributed by atoms with Gasteiger partial charge in [0.1, 0.15) is 0 Å². The first-order chi connectivity index (χ1) is 11.8. The molecule has 132 valence electrons. The van der Waals surface area contributed by atoms with Gasteiger partial charge in [-0.1, -0.05) is 36.4 Å². The van der Waals surface area contributed by atoms with Crippen LogP contribution < -0.4 is 4.74 Å². The molecule has 0 saturated carbocycles. The monoisotopic (exact) mass is 362 g/mol. The normalized spacial score (nSPS) is 11.8. The lowest BCUT2D eigenvalue weighted by atomic mass is 10.2. The predicted molar refractivity (Wildman–Crippen MR) is 95.5 cm³/mol. The number of rotatable bonds is 7. The van der Waals surface area contributed by atoms with E-state index in [4.69, 9.17) is 4.74 Å². The largest absolute Gasteiger partial charge is 0.490 e. The molecular weight excluding hydrogens is 344 g/mol. The summed E-state index contributed by atoms with van der Waals surface area (Å²) in [5, 5.41) is 12.0. The third-order valence-electron chi connectivity index (χ3n) is 3.51. The standard InChI is InChI=1S/C17H18N2O5S/c1-18(13-15-6-4-3-5-7-15)25(22,23)11-10-14-8-9-17(24-2)16(12-14)19(20)21/h3-12H,13H2,1-2H3/b11-10+. The molecule has 0 radical (unpaired) electrons. The maximum absolute atomic E-state index is 12.3. The summed E-state index contributed by atoms with van der Waals surface area (Å²) in [6, 6.07) is 13.4. The van der Waals surface area contributed by atoms with E-state index in [1.54, 1.807) is 6.07 Å². The minimum Gasteiger partial charge on any atom is -0.490 e. The van der Waals surface area contributed by atoms with Gasteiger partial charge in [-0.05, 0) is 23.3 Å². The second-order valence-corrected chi connectivity index (χ2v) is 7.20. The van der Waals surface area contributed by atoms with Gasteiger partial charge in [-0.25, -0.2) is 8.42 Å². The second-order valence-electron chi connectivity index (χ2n) is 5.28. The van der Waals surface area contributed by atoms with Crippen molar-refractivity contribution in [1.82, 2.24) is 4.31 Å². The summed E-state index contributed by atoms with van der Waals surface area (Å²) < 4.78 is 30.8. The van der Waals surface area contributed by atoms with Crippen LogP contribution in [0.4, 0.5) is 5.69 Å². The molecule has 0 aromatic heterocycles. The van der Waals surface area contributed by atoms with Crippen molar-refractivity contribution in [2.45, 2.75) is 6.54 Å². The van der Waals surface area contributed by atoms with E-state index in [2.05, 4.69) is 0 Å². The van der Waals surface area contributed by atoms with Crippen LogP contribution in [0, 0.1) is 10.1 Å². The Kier molecular flexibility index (Phi) is 5.89. The number of ether oxygens (including phenoxy) is 1. The van der Waals surface area contributed by atoms with E-state index < -0.39 is 14.9 Å². The zero-order valence-electron chi connectivity index (χ0n) is 13.8. The molecule has 0 aliphatic carbocycles. The summed E-state index contributed by atoms with van der Waals surface area (Å²) in [7, 11) is -0.844. The number of hydrogen-bond donors (Lipinski definition) is 0. The van der Waals surface area contributed by atoms with E-state index >= 15 is 0 Å². The van der Waals surface area contributed by atoms with E-state index in [1.165, 1.54) is 36.7 Å². The third kappa shape index (κ3) is 4.88. The molecule has 7 nitrogen and oxygen atoms in total. The van der Waals surface area contributed by atoms with E-state index in [1.807, 2.05) is 30.3 Å². The quantitative estimate of drug-likeness (QED) is 0.558. The van der Waals surface area contributed by atoms with Crippen LogP contribution in [-0.2, 0) is 16.6 Å². The Morgan fingerprint density at radius 3 is 2.48 bits per heavy atom. The van der Waals surface area contributed by atoms with Crippen LogP contribution in [0.5, 0.6) is 5.75 Å². The summed E-state index contributed by atoms with van der Waals surface area (Å²) in [5.74, 6) is 0.117. The van der Waals surface area contributed by atoms with Crippen LogP contribution in [-0.4, -0.2) is 31.8 Å². The molecule has 0 N–H and O–H groups in total. The average molecular weight is 362 g/mol. The first-order valence-electron chi connectivity index (χ1n) is 7.34. The number of sulfonamides is 1. The van der Waals surface area contributed by atoms with Gasteiger partial charge >= 0.3 is 5.69 Å². The van der Waals surface area contributed by atoms with Gasteiger partial charge in [0.25, 0.3) is 0 Å². The van der Waals surface area contributed by atoms with Crippen molar-refractivity contribution >= 4 is 21.8 Å². The van der Waals surface area contributed by atoms with Crippen molar-refractivity contribution in [3.8, 4) is 5.75 Å². The fourth-order valence-corrected chi connectivity index (χ4v) is 3.02. The molecule has 0 saturated heterocycles. The molecule has 0 fully saturated rings. The Hall–Kier alpha value is -2.71. The highest BCUT2D eigenvalue weighted by molar-refractivity contribution is 7.92. The van der Waals surface area contributed by atoms with E-state index in [0.29, 0.717) is 5.56 Å². The van der Waals surface area contributed by atoms with Crippen molar-refractivity contribution < 1.29 is 18.1 Å². The van der Waals surface area contributed by atoms with Gasteiger partial charge in [0, 0.05) is 25.1 Å². The van der Waals surface area contributed by atoms with E-state index in [0.717, 1.165) is 11.0 Å². The number of nitrogens with zero attached hydrogens (tertiary/aromatic N) is 2. The zero-order valence-corrected chi connectivity index (χ0v) is 14.6. The molecule has 25 heavy (non-hydrogen) atoms. The minimum atomic E-state index is -3.65. The Morgan fingerprint density at radius 2 is 1.88 bits per heavy atom. The highest BCUT2D eigenvalue weighted by Crippen LogP contribution is 2.28. The maximum Gasteiger partial charge on any atom is 0.311 e. The molecular formula is C17H18N2O5S. The van der Waals surface area contributed by atoms with E-state index in [9.17, 15) is 18.5 Å². The van der Waals surface area contributed by atoms with Crippen molar-refractivity contribution in [3.05, 3.63) is 75.2 Å². The van der Waals surface area contributed by atoms with Crippen LogP contribution in [0.25, 0.3) is 6.08 Å². The maximum atomic E-state index is 12.3. The van der Waals surface area contributed by atoms with Crippen LogP contribution in [0.2, 0.25) is 0 Å². The SMILES string of the molecule is COc1ccc(/C=C/S(=O)(=O)N(C)Cc2ccccc2)cc1[N+](=O)[O-]. The summed E-state index contributed by atoms with van der Waals surface area (Å²) in [4.78, 5) is 10.4. The molecule has 0 atom stereocenters. The molecule has 2 aromatic carbocycles. The Morgan fingerprint density at radius 1 is 1.20 bits per heavy atom. The lowest BCUT2D eigenvalue weighted by Gasteiger charge is -2.14. The van der Waals surface area contributed by atoms with Crippen molar-refractivity contribution in [3.63, 3.8) is 0 Å². The zero-order chi connectivity index (χ0) is 18.4. The predicted octanol–water partition coefficient (Wildman–Crippen LogP) is 3.04. The molecule has 0 unspecified atom stereocenters. The van der Waals surface area contributed by atoms with Crippen molar-refractivity contribution in [2.75, 3.05) is 14.2 Å². The smallest absolute Gasteiger partial charge is 0.311 e. The van der Waals surface area contributed by atoms with Gasteiger partial charge in [-0.15, -0.1) is 0 Å². The molecule has 2 rings (SSSR count). The topological polar surface area (TPSA) is 89.8 Å². The third-order valence-corrected chi connectivity index (χ3v) is 4.99. The molecule has 2 aromatic rings. The first-order valence-corrected chi connectivity index (χ1v) is 8.84. The van der Waals surface area contributed by atoms with Crippen LogP contribution in [0.15, 0.2) is 53.9 Å². The average Bonchev–Trinajstić information content (AvgIpc) is 2.60. The molecule has 0 amide bonds. The number of hydrogen-bond acceptors (Lipinski definition) is 5. The van der Waals surface area contributed by atoms with Gasteiger partial charge in [0.05, 0.1) is 12.0 Å². The summed E-state index contributed by atoms with van der Waals surface area (Å²) in [5.41, 5.74) is 1.03. The number of nitro benzene ring substituents is 1. The highest BCUT2D eigenvalue weighted by Gasteiger charge is 2.16. The van der Waals surface area contributed by atoms with Crippen molar-refractivity contribution in [1.29, 1.82) is 0 Å². The number of nitro groups is 1. The van der Waals surface area contributed by atoms with Gasteiger partial charge in [0.15, 0.2) is 5.75 Å². The molecule has 0 aliphatic heterocycles. The fraction of sp³-hybridized carbons (Fsp3) is 0.176. The number of benzene rings is 2. The van der Waals surface area contributed by atoms with Crippen LogP contribution in [0.3, 0.4) is 0 Å². The molecule has 0 heterocycles. The highest BCUT2D eigenvalue weighted by atomic mass is 32.2. The second kappa shape index (κ2) is 7.91. The minimum absolute atomic E-state index is 0.117. The molecule has 0 spiro atoms. The Labute approximate surface area is 146 Å². The van der Waals surface area contributed by atoms with Gasteiger partial charge in [0.2, 0.25) is 10.0 Å². The lowest BCUT2D eigenvalue weighted by molar-refractivity contribution is -0.385. The molecule has 0 aliphatic rings. The Bertz CT molecular complexity index is 879. The summed E-state index contributed by atoms with van der Waals surface area (Å²) in [6.07, 6.45) is 1.32. The van der Waals surface area contributed by atoms with E-state index in [-0.39, 0.29) is 18.0 Å². The lowest BCUT2D eigenvalue weighted by Crippen LogP contribution is -2.24. The Balaban J connectivity index is 2.19. The van der Waals surface area contributed by atoms with Crippen LogP contribution in [0.1, 0.15) is 11.1 Å². The first kappa shape index (κ1) is 18.6. The fourth-order valence-electron chi connectivity index (χ4n) is 2.15. The van der Waals surface area contributed by atoms with Gasteiger partial charge in [-0.2, -0.15) is 4.31 Å². The van der Waals surface area contributed by atoms with Crippen LogP contribution >= 0.6 is 0 Å². The number of methoxy groups -OCH3 is 1. The molecule has 0 bridgehead atoms. The van der Waals surface area contributed by atoms with Gasteiger partial charge in [-0.3, -0.25) is 10.1 Å². The molecule has 8 heteroatoms. The van der Waals surface area contributed by atoms with Crippen molar-refractivity contribution in [2.24, 2.45) is 0 Å². The summed E-state index contributed by atoms with van der Waals surface area (Å²) in [6.45, 7) is 0.232. The van der Waals surface area contributed by atoms with Gasteiger partial charge < -0.3 is 4.74 Å². The summed E-state index contributed by atoms with van der Waals surface area (Å²) >= 11 is 0.